The van der Waals surface area contributed by atoms with Crippen molar-refractivity contribution in [2.24, 2.45) is 0 Å². The Labute approximate surface area is 76.6 Å². The maximum absolute atomic E-state index is 5.25. The third-order valence-electron chi connectivity index (χ3n) is 1.86. The maximum atomic E-state index is 5.25. The Morgan fingerprint density at radius 3 is 2.54 bits per heavy atom. The average Bonchev–Trinajstić information content (AvgIpc) is 2.71. The number of aromatic nitrogens is 2. The van der Waals surface area contributed by atoms with Crippen molar-refractivity contribution in [2.75, 3.05) is 0 Å². The van der Waals surface area contributed by atoms with Gasteiger partial charge in [-0.3, -0.25) is 0 Å². The first kappa shape index (κ1) is 7.63. The summed E-state index contributed by atoms with van der Waals surface area (Å²) in [7, 11) is 0. The van der Waals surface area contributed by atoms with Crippen LogP contribution < -0.4 is 0 Å². The lowest BCUT2D eigenvalue weighted by Crippen LogP contribution is -1.77. The molecule has 0 saturated carbocycles. The number of benzene rings is 1. The molecule has 0 bridgehead atoms. The first-order chi connectivity index (χ1) is 6.40. The Kier molecular flexibility index (Phi) is 1.85. The van der Waals surface area contributed by atoms with Crippen molar-refractivity contribution in [3.05, 3.63) is 42.4 Å². The van der Waals surface area contributed by atoms with Crippen LogP contribution in [-0.2, 0) is 0 Å². The Balaban J connectivity index is 2.40. The standard InChI is InChI=1S/C11H8N2/c1-2-9-3-5-10(6-4-9)11-7-12-8-13-11/h1,3-8H,(H,12,13). The van der Waals surface area contributed by atoms with E-state index in [1.54, 1.807) is 12.5 Å². The topological polar surface area (TPSA) is 28.7 Å². The molecule has 0 fully saturated rings. The van der Waals surface area contributed by atoms with E-state index in [4.69, 9.17) is 6.42 Å². The van der Waals surface area contributed by atoms with Crippen LogP contribution in [-0.4, -0.2) is 9.97 Å². The van der Waals surface area contributed by atoms with Crippen LogP contribution in [0.1, 0.15) is 5.56 Å². The molecule has 1 aromatic carbocycles. The molecule has 62 valence electrons. The summed E-state index contributed by atoms with van der Waals surface area (Å²) >= 11 is 0. The number of H-pyrrole nitrogens is 1. The third kappa shape index (κ3) is 1.45. The predicted octanol–water partition coefficient (Wildman–Crippen LogP) is 2.06. The van der Waals surface area contributed by atoms with E-state index in [9.17, 15) is 0 Å². The van der Waals surface area contributed by atoms with Gasteiger partial charge in [0.25, 0.3) is 0 Å². The molecule has 1 N–H and O–H groups in total. The van der Waals surface area contributed by atoms with Gasteiger partial charge in [0.15, 0.2) is 0 Å². The lowest BCUT2D eigenvalue weighted by Gasteiger charge is -1.96. The van der Waals surface area contributed by atoms with Crippen molar-refractivity contribution in [1.29, 1.82) is 0 Å². The molecule has 2 rings (SSSR count). The van der Waals surface area contributed by atoms with Crippen molar-refractivity contribution >= 4 is 0 Å². The van der Waals surface area contributed by atoms with Crippen molar-refractivity contribution in [3.8, 4) is 23.6 Å². The van der Waals surface area contributed by atoms with E-state index in [2.05, 4.69) is 15.9 Å². The molecule has 13 heavy (non-hydrogen) atoms. The highest BCUT2D eigenvalue weighted by molar-refractivity contribution is 5.59. The summed E-state index contributed by atoms with van der Waals surface area (Å²) in [6.45, 7) is 0. The Morgan fingerprint density at radius 1 is 1.23 bits per heavy atom. The van der Waals surface area contributed by atoms with Crippen LogP contribution in [0, 0.1) is 12.3 Å². The van der Waals surface area contributed by atoms with Gasteiger partial charge in [0.1, 0.15) is 0 Å². The summed E-state index contributed by atoms with van der Waals surface area (Å²) in [5.41, 5.74) is 2.99. The van der Waals surface area contributed by atoms with Crippen LogP contribution in [0.4, 0.5) is 0 Å². The number of rotatable bonds is 1. The molecule has 0 radical (unpaired) electrons. The normalized spacial score (nSPS) is 9.46. The quantitative estimate of drug-likeness (QED) is 0.649. The molecule has 0 saturated heterocycles. The van der Waals surface area contributed by atoms with Gasteiger partial charge in [0.05, 0.1) is 18.2 Å². The number of terminal acetylenes is 1. The van der Waals surface area contributed by atoms with Gasteiger partial charge in [-0.05, 0) is 17.7 Å². The second-order valence-corrected chi connectivity index (χ2v) is 2.69. The average molecular weight is 168 g/mol. The molecule has 2 nitrogen and oxygen atoms in total. The predicted molar refractivity (Wildman–Crippen MR) is 52.0 cm³/mol. The van der Waals surface area contributed by atoms with Crippen LogP contribution in [0.3, 0.4) is 0 Å². The number of hydrogen-bond acceptors (Lipinski definition) is 1. The van der Waals surface area contributed by atoms with Crippen molar-refractivity contribution < 1.29 is 0 Å². The number of aromatic amines is 1. The molecule has 0 spiro atoms. The number of hydrogen-bond donors (Lipinski definition) is 1. The van der Waals surface area contributed by atoms with Gasteiger partial charge in [0, 0.05) is 5.56 Å². The van der Waals surface area contributed by atoms with Gasteiger partial charge in [-0.15, -0.1) is 6.42 Å². The first-order valence-corrected chi connectivity index (χ1v) is 3.95. The minimum absolute atomic E-state index is 0.892. The second-order valence-electron chi connectivity index (χ2n) is 2.69. The molecular formula is C11H8N2. The summed E-state index contributed by atoms with van der Waals surface area (Å²) in [6, 6.07) is 7.78. The highest BCUT2D eigenvalue weighted by Crippen LogP contribution is 2.15. The number of nitrogens with one attached hydrogen (secondary N) is 1. The smallest absolute Gasteiger partial charge is 0.0924 e. The highest BCUT2D eigenvalue weighted by atomic mass is 14.9. The Bertz CT molecular complexity index is 418. The zero-order chi connectivity index (χ0) is 9.10. The van der Waals surface area contributed by atoms with Gasteiger partial charge in [-0.1, -0.05) is 18.1 Å². The largest absolute Gasteiger partial charge is 0.345 e. The monoisotopic (exact) mass is 168 g/mol. The summed E-state index contributed by atoms with van der Waals surface area (Å²) in [4.78, 5) is 6.97. The molecule has 0 atom stereocenters. The van der Waals surface area contributed by atoms with Crippen LogP contribution in [0.2, 0.25) is 0 Å². The molecule has 2 heteroatoms. The molecule has 0 unspecified atom stereocenters. The first-order valence-electron chi connectivity index (χ1n) is 3.95. The Morgan fingerprint density at radius 2 is 2.00 bits per heavy atom. The maximum Gasteiger partial charge on any atom is 0.0924 e. The van der Waals surface area contributed by atoms with E-state index < -0.39 is 0 Å². The van der Waals surface area contributed by atoms with E-state index in [-0.39, 0.29) is 0 Å². The van der Waals surface area contributed by atoms with Crippen LogP contribution >= 0.6 is 0 Å². The SMILES string of the molecule is C#Cc1ccc(-c2cnc[nH]2)cc1. The van der Waals surface area contributed by atoms with Gasteiger partial charge in [-0.2, -0.15) is 0 Å². The minimum Gasteiger partial charge on any atom is -0.345 e. The minimum atomic E-state index is 0.892. The van der Waals surface area contributed by atoms with Gasteiger partial charge in [0.2, 0.25) is 0 Å². The lowest BCUT2D eigenvalue weighted by molar-refractivity contribution is 1.31. The second kappa shape index (κ2) is 3.16. The number of nitrogens with zero attached hydrogens (tertiary/aromatic N) is 1. The molecule has 0 aliphatic rings. The van der Waals surface area contributed by atoms with Crippen LogP contribution in [0.25, 0.3) is 11.3 Å². The molecule has 2 aromatic rings. The Hall–Kier alpha value is -2.01. The molecule has 1 aromatic heterocycles. The molecule has 0 amide bonds. The van der Waals surface area contributed by atoms with E-state index in [1.807, 2.05) is 24.3 Å². The lowest BCUT2D eigenvalue weighted by atomic mass is 10.1. The van der Waals surface area contributed by atoms with E-state index in [0.29, 0.717) is 0 Å². The van der Waals surface area contributed by atoms with Crippen LogP contribution in [0.5, 0.6) is 0 Å². The molecular weight excluding hydrogens is 160 g/mol. The molecule has 0 aliphatic heterocycles. The fraction of sp³-hybridized carbons (Fsp3) is 0. The molecule has 1 heterocycles. The van der Waals surface area contributed by atoms with Gasteiger partial charge in [-0.25, -0.2) is 4.98 Å². The molecule has 0 aliphatic carbocycles. The van der Waals surface area contributed by atoms with Crippen molar-refractivity contribution in [1.82, 2.24) is 9.97 Å². The summed E-state index contributed by atoms with van der Waals surface area (Å²) in [6.07, 6.45) is 8.69. The van der Waals surface area contributed by atoms with E-state index in [1.165, 1.54) is 0 Å². The van der Waals surface area contributed by atoms with Crippen molar-refractivity contribution in [3.63, 3.8) is 0 Å². The van der Waals surface area contributed by atoms with E-state index in [0.717, 1.165) is 16.8 Å². The van der Waals surface area contributed by atoms with Crippen LogP contribution in [0.15, 0.2) is 36.8 Å². The van der Waals surface area contributed by atoms with Gasteiger partial charge >= 0.3 is 0 Å². The number of imidazole rings is 1. The fourth-order valence-corrected chi connectivity index (χ4v) is 1.16. The summed E-state index contributed by atoms with van der Waals surface area (Å²) in [5, 5.41) is 0. The highest BCUT2D eigenvalue weighted by Gasteiger charge is 1.96. The summed E-state index contributed by atoms with van der Waals surface area (Å²) < 4.78 is 0. The fourth-order valence-electron chi connectivity index (χ4n) is 1.16. The zero-order valence-corrected chi connectivity index (χ0v) is 6.99. The van der Waals surface area contributed by atoms with Crippen molar-refractivity contribution in [2.45, 2.75) is 0 Å². The third-order valence-corrected chi connectivity index (χ3v) is 1.86. The van der Waals surface area contributed by atoms with E-state index >= 15 is 0 Å². The van der Waals surface area contributed by atoms with Gasteiger partial charge < -0.3 is 4.98 Å². The zero-order valence-electron chi connectivity index (χ0n) is 6.99. The summed E-state index contributed by atoms with van der Waals surface area (Å²) in [5.74, 6) is 2.57.